The Balaban J connectivity index is 1.31. The van der Waals surface area contributed by atoms with E-state index in [1.807, 2.05) is 12.1 Å². The molecule has 0 aliphatic carbocycles. The average molecular weight is 489 g/mol. The zero-order valence-electron chi connectivity index (χ0n) is 19.0. The second kappa shape index (κ2) is 9.28. The van der Waals surface area contributed by atoms with Crippen molar-refractivity contribution in [3.8, 4) is 17.5 Å². The van der Waals surface area contributed by atoms with E-state index < -0.39 is 6.04 Å². The molecule has 4 heterocycles. The van der Waals surface area contributed by atoms with E-state index in [4.69, 9.17) is 4.42 Å². The van der Waals surface area contributed by atoms with Crippen molar-refractivity contribution in [2.45, 2.75) is 25.3 Å². The summed E-state index contributed by atoms with van der Waals surface area (Å²) in [5.74, 6) is 1.25. The smallest absolute Gasteiger partial charge is 0.230 e. The van der Waals surface area contributed by atoms with Gasteiger partial charge in [0.2, 0.25) is 16.7 Å². The molecule has 0 amide bonds. The van der Waals surface area contributed by atoms with Crippen LogP contribution in [0.25, 0.3) is 16.5 Å². The Morgan fingerprint density at radius 2 is 1.80 bits per heavy atom. The maximum Gasteiger partial charge on any atom is 0.230 e. The van der Waals surface area contributed by atoms with Gasteiger partial charge in [-0.25, -0.2) is 4.39 Å². The molecule has 1 N–H and O–H groups in total. The van der Waals surface area contributed by atoms with Crippen LogP contribution in [0.15, 0.2) is 77.4 Å². The highest BCUT2D eigenvalue weighted by Gasteiger charge is 2.33. The summed E-state index contributed by atoms with van der Waals surface area (Å²) < 4.78 is 21.9. The van der Waals surface area contributed by atoms with Crippen LogP contribution in [0.2, 0.25) is 0 Å². The van der Waals surface area contributed by atoms with Gasteiger partial charge in [0.15, 0.2) is 5.76 Å². The fraction of sp³-hybridized carbons (Fsp3) is 0.259. The topological polar surface area (TPSA) is 66.8 Å². The Bertz CT molecular complexity index is 1420. The third-order valence-electron chi connectivity index (χ3n) is 6.77. The fourth-order valence-electron chi connectivity index (χ4n) is 5.00. The summed E-state index contributed by atoms with van der Waals surface area (Å²) in [5.41, 5.74) is 1.91. The number of fused-ring (bicyclic) bond motifs is 1. The predicted octanol–water partition coefficient (Wildman–Crippen LogP) is 5.94. The van der Waals surface area contributed by atoms with Crippen molar-refractivity contribution in [1.82, 2.24) is 19.5 Å². The van der Waals surface area contributed by atoms with E-state index in [1.165, 1.54) is 27.5 Å². The van der Waals surface area contributed by atoms with Gasteiger partial charge in [-0.05, 0) is 62.0 Å². The number of aromatic nitrogens is 3. The number of halogens is 1. The second-order valence-electron chi connectivity index (χ2n) is 8.99. The normalized spacial score (nSPS) is 16.1. The third kappa shape index (κ3) is 4.24. The number of aromatic hydroxyl groups is 1. The first-order valence-electron chi connectivity index (χ1n) is 11.8. The summed E-state index contributed by atoms with van der Waals surface area (Å²) in [4.78, 5) is 8.02. The van der Waals surface area contributed by atoms with E-state index in [0.717, 1.165) is 32.4 Å². The van der Waals surface area contributed by atoms with E-state index in [-0.39, 0.29) is 11.7 Å². The molecule has 1 saturated heterocycles. The number of benzene rings is 2. The second-order valence-corrected chi connectivity index (χ2v) is 10.00. The molecule has 5 aromatic rings. The molecule has 35 heavy (non-hydrogen) atoms. The minimum absolute atomic E-state index is 0.00466. The summed E-state index contributed by atoms with van der Waals surface area (Å²) in [6, 6.07) is 20.5. The highest BCUT2D eigenvalue weighted by molar-refractivity contribution is 7.17. The molecule has 8 heteroatoms. The molecule has 6 nitrogen and oxygen atoms in total. The Morgan fingerprint density at radius 3 is 2.51 bits per heavy atom. The fourth-order valence-corrected chi connectivity index (χ4v) is 6.11. The Labute approximate surface area is 206 Å². The summed E-state index contributed by atoms with van der Waals surface area (Å²) >= 11 is 1.34. The molecular formula is C27H25FN4O2S. The van der Waals surface area contributed by atoms with Crippen molar-refractivity contribution in [1.29, 1.82) is 0 Å². The Kier molecular flexibility index (Phi) is 5.83. The monoisotopic (exact) mass is 488 g/mol. The Hall–Kier alpha value is -3.49. The van der Waals surface area contributed by atoms with Gasteiger partial charge < -0.3 is 9.52 Å². The maximum atomic E-state index is 15.1. The molecule has 2 aromatic carbocycles. The molecule has 0 saturated carbocycles. The van der Waals surface area contributed by atoms with E-state index >= 15 is 4.39 Å². The lowest BCUT2D eigenvalue weighted by Gasteiger charge is -2.37. The standard InChI is InChI=1S/C27H25FN4O2S/c28-21-10-5-4-9-20(21)23(31-14-12-19(13-15-31)17-18-7-2-1-3-8-18)24-26(33)32-27(35-24)29-25(30-32)22-11-6-16-34-22/h1-11,16,19,23,33H,12-15,17H2. The van der Waals surface area contributed by atoms with Crippen LogP contribution in [0.5, 0.6) is 5.88 Å². The number of rotatable bonds is 6. The largest absolute Gasteiger partial charge is 0.492 e. The number of nitrogens with zero attached hydrogens (tertiary/aromatic N) is 4. The Morgan fingerprint density at radius 1 is 1.03 bits per heavy atom. The summed E-state index contributed by atoms with van der Waals surface area (Å²) in [6.45, 7) is 1.64. The van der Waals surface area contributed by atoms with Crippen LogP contribution in [-0.4, -0.2) is 37.7 Å². The first-order valence-corrected chi connectivity index (χ1v) is 12.6. The van der Waals surface area contributed by atoms with Gasteiger partial charge in [-0.15, -0.1) is 5.10 Å². The van der Waals surface area contributed by atoms with Crippen molar-refractivity contribution < 1.29 is 13.9 Å². The molecule has 0 radical (unpaired) electrons. The van der Waals surface area contributed by atoms with Gasteiger partial charge in [0.05, 0.1) is 17.2 Å². The molecule has 178 valence electrons. The van der Waals surface area contributed by atoms with Gasteiger partial charge in [0.25, 0.3) is 0 Å². The van der Waals surface area contributed by atoms with Crippen LogP contribution in [0.4, 0.5) is 4.39 Å². The number of furan rings is 1. The lowest BCUT2D eigenvalue weighted by Crippen LogP contribution is -2.38. The number of thiazole rings is 1. The van der Waals surface area contributed by atoms with Gasteiger partial charge in [0, 0.05) is 5.56 Å². The van der Waals surface area contributed by atoms with Crippen molar-refractivity contribution in [2.24, 2.45) is 5.92 Å². The van der Waals surface area contributed by atoms with E-state index in [2.05, 4.69) is 39.2 Å². The van der Waals surface area contributed by atoms with Gasteiger partial charge >= 0.3 is 0 Å². The molecule has 6 rings (SSSR count). The highest BCUT2D eigenvalue weighted by Crippen LogP contribution is 2.42. The van der Waals surface area contributed by atoms with Crippen molar-refractivity contribution in [2.75, 3.05) is 13.1 Å². The van der Waals surface area contributed by atoms with Gasteiger partial charge in [-0.1, -0.05) is 59.9 Å². The van der Waals surface area contributed by atoms with Crippen LogP contribution in [-0.2, 0) is 6.42 Å². The van der Waals surface area contributed by atoms with Crippen LogP contribution < -0.4 is 0 Å². The molecule has 1 fully saturated rings. The zero-order chi connectivity index (χ0) is 23.8. The summed E-state index contributed by atoms with van der Waals surface area (Å²) in [7, 11) is 0. The van der Waals surface area contributed by atoms with Crippen molar-refractivity contribution in [3.05, 3.63) is 94.8 Å². The van der Waals surface area contributed by atoms with Gasteiger partial charge in [-0.2, -0.15) is 9.50 Å². The molecule has 1 unspecified atom stereocenters. The minimum atomic E-state index is -0.408. The molecule has 0 spiro atoms. The van der Waals surface area contributed by atoms with E-state index in [0.29, 0.717) is 32.9 Å². The summed E-state index contributed by atoms with van der Waals surface area (Å²) in [5, 5.41) is 15.6. The van der Waals surface area contributed by atoms with Gasteiger partial charge in [0.1, 0.15) is 5.82 Å². The molecule has 1 aliphatic rings. The van der Waals surface area contributed by atoms with Crippen molar-refractivity contribution >= 4 is 16.3 Å². The minimum Gasteiger partial charge on any atom is -0.492 e. The molecular weight excluding hydrogens is 463 g/mol. The molecule has 1 aliphatic heterocycles. The third-order valence-corrected chi connectivity index (χ3v) is 7.84. The van der Waals surface area contributed by atoms with Crippen LogP contribution in [0.3, 0.4) is 0 Å². The van der Waals surface area contributed by atoms with E-state index in [1.54, 1.807) is 30.5 Å². The maximum absolute atomic E-state index is 15.1. The van der Waals surface area contributed by atoms with Crippen LogP contribution in [0, 0.1) is 11.7 Å². The predicted molar refractivity (Wildman–Crippen MR) is 133 cm³/mol. The van der Waals surface area contributed by atoms with Crippen LogP contribution in [0.1, 0.15) is 34.9 Å². The molecule has 0 bridgehead atoms. The van der Waals surface area contributed by atoms with E-state index in [9.17, 15) is 5.11 Å². The quantitative estimate of drug-likeness (QED) is 0.320. The molecule has 1 atom stereocenters. The first-order chi connectivity index (χ1) is 17.2. The lowest BCUT2D eigenvalue weighted by molar-refractivity contribution is 0.148. The number of hydrogen-bond donors (Lipinski definition) is 1. The number of piperidine rings is 1. The molecule has 3 aromatic heterocycles. The zero-order valence-corrected chi connectivity index (χ0v) is 19.9. The van der Waals surface area contributed by atoms with Crippen molar-refractivity contribution in [3.63, 3.8) is 0 Å². The average Bonchev–Trinajstić information content (AvgIpc) is 3.61. The first kappa shape index (κ1) is 22.0. The lowest BCUT2D eigenvalue weighted by atomic mass is 9.88. The number of hydrogen-bond acceptors (Lipinski definition) is 6. The highest BCUT2D eigenvalue weighted by atomic mass is 32.1. The SMILES string of the molecule is Oc1c(C(c2ccccc2F)N2CCC(Cc3ccccc3)CC2)sc2nc(-c3ccco3)nn12. The summed E-state index contributed by atoms with van der Waals surface area (Å²) in [6.07, 6.45) is 4.65. The van der Waals surface area contributed by atoms with Gasteiger partial charge in [-0.3, -0.25) is 4.90 Å². The van der Waals surface area contributed by atoms with Crippen LogP contribution >= 0.6 is 11.3 Å². The number of likely N-dealkylation sites (tertiary alicyclic amines) is 1.